The summed E-state index contributed by atoms with van der Waals surface area (Å²) in [5, 5.41) is 6.55. The molecule has 0 rings (SSSR count). The second-order valence-corrected chi connectivity index (χ2v) is 0.964. The molecule has 0 aromatic carbocycles. The van der Waals surface area contributed by atoms with E-state index in [0.717, 1.165) is 0 Å². The lowest BCUT2D eigenvalue weighted by Crippen LogP contribution is -1.99. The Morgan fingerprint density at radius 1 is 1.83 bits per heavy atom. The van der Waals surface area contributed by atoms with Gasteiger partial charge in [0.25, 0.3) is 0 Å². The lowest BCUT2D eigenvalue weighted by atomic mass is 10.8. The summed E-state index contributed by atoms with van der Waals surface area (Å²) in [5.74, 6) is 0. The van der Waals surface area contributed by atoms with Gasteiger partial charge < -0.3 is 4.58 Å². The molecule has 0 unspecified atom stereocenters. The van der Waals surface area contributed by atoms with Crippen molar-refractivity contribution >= 4 is 12.6 Å². The highest BCUT2D eigenvalue weighted by molar-refractivity contribution is 5.54. The van der Waals surface area contributed by atoms with Crippen LogP contribution in [0.15, 0.2) is 0 Å². The van der Waals surface area contributed by atoms with E-state index in [4.69, 9.17) is 5.41 Å². The highest BCUT2D eigenvalue weighted by Gasteiger charge is 1.58. The monoisotopic (exact) mass is 84.1 g/mol. The minimum atomic E-state index is 1.19. The van der Waals surface area contributed by atoms with Crippen molar-refractivity contribution in [1.29, 1.82) is 5.41 Å². The van der Waals surface area contributed by atoms with Crippen LogP contribution in [0.25, 0.3) is 0 Å². The smallest absolute Gasteiger partial charge is 0.130 e. The normalized spacial score (nSPS) is 11.3. The average Bonchev–Trinajstić information content (AvgIpc) is 1.65. The fourth-order valence-corrected chi connectivity index (χ4v) is 0.0645. The van der Waals surface area contributed by atoms with Gasteiger partial charge in [0.2, 0.25) is 0 Å². The van der Waals surface area contributed by atoms with Gasteiger partial charge in [-0.2, -0.15) is 0 Å². The third-order valence-electron chi connectivity index (χ3n) is 0.546. The van der Waals surface area contributed by atoms with Crippen molar-refractivity contribution in [1.82, 2.24) is 0 Å². The van der Waals surface area contributed by atoms with Crippen LogP contribution >= 0.6 is 0 Å². The molecule has 0 amide bonds. The van der Waals surface area contributed by atoms with Crippen LogP contribution in [0.5, 0.6) is 0 Å². The molecule has 0 spiro atoms. The second-order valence-electron chi connectivity index (χ2n) is 0.964. The summed E-state index contributed by atoms with van der Waals surface area (Å²) < 4.78 is 1.54. The fourth-order valence-electron chi connectivity index (χ4n) is 0.0645. The van der Waals surface area contributed by atoms with E-state index in [1.165, 1.54) is 6.34 Å². The van der Waals surface area contributed by atoms with Crippen LogP contribution in [-0.4, -0.2) is 24.2 Å². The number of nitrogens with zero attached hydrogens (tertiary/aromatic N) is 1. The van der Waals surface area contributed by atoms with Crippen molar-refractivity contribution < 1.29 is 4.58 Å². The van der Waals surface area contributed by atoms with E-state index >= 15 is 0 Å². The number of hydrogen-bond donors (Lipinski definition) is 1. The largest absolute Gasteiger partial charge is 0.407 e. The molecule has 0 atom stereocenters. The van der Waals surface area contributed by atoms with Crippen molar-refractivity contribution in [2.45, 2.75) is 6.92 Å². The molecular formula is C4H8N2. The van der Waals surface area contributed by atoms with Crippen molar-refractivity contribution in [3.8, 4) is 0 Å². The zero-order chi connectivity index (χ0) is 4.99. The Kier molecular flexibility index (Phi) is 2.29. The standard InChI is InChI=1S/C4H8N2/c1-3-6(2)4-5/h4-5H,1-2H3. The molecular weight excluding hydrogens is 76.1 g/mol. The lowest BCUT2D eigenvalue weighted by Gasteiger charge is -1.90. The maximum Gasteiger partial charge on any atom is 0.130 e. The van der Waals surface area contributed by atoms with E-state index in [1.807, 2.05) is 0 Å². The third-order valence-corrected chi connectivity index (χ3v) is 0.546. The van der Waals surface area contributed by atoms with Gasteiger partial charge in [-0.05, 0) is 0 Å². The maximum absolute atomic E-state index is 6.55. The van der Waals surface area contributed by atoms with E-state index in [9.17, 15) is 0 Å². The van der Waals surface area contributed by atoms with Crippen LogP contribution in [-0.2, 0) is 0 Å². The van der Waals surface area contributed by atoms with Gasteiger partial charge >= 0.3 is 0 Å². The molecule has 0 radical (unpaired) electrons. The van der Waals surface area contributed by atoms with E-state index in [2.05, 4.69) is 6.21 Å². The minimum Gasteiger partial charge on any atom is -0.407 e. The molecule has 0 aliphatic carbocycles. The van der Waals surface area contributed by atoms with E-state index in [-0.39, 0.29) is 0 Å². The first-order chi connectivity index (χ1) is 2.81. The highest BCUT2D eigenvalue weighted by atomic mass is 15.0. The summed E-state index contributed by atoms with van der Waals surface area (Å²) in [6.45, 7) is 1.76. The molecule has 0 fully saturated rings. The van der Waals surface area contributed by atoms with Gasteiger partial charge in [0.15, 0.2) is 0 Å². The predicted octanol–water partition coefficient (Wildman–Crippen LogP) is 0.203. The Morgan fingerprint density at radius 3 is 2.33 bits per heavy atom. The molecule has 0 aliphatic rings. The van der Waals surface area contributed by atoms with Gasteiger partial charge in [-0.25, -0.2) is 5.41 Å². The molecule has 0 saturated heterocycles. The molecule has 0 heterocycles. The van der Waals surface area contributed by atoms with Crippen LogP contribution in [0.4, 0.5) is 0 Å². The Hall–Kier alpha value is -0.660. The molecule has 0 aliphatic heterocycles. The number of nitrogens with one attached hydrogen (secondary N) is 1. The maximum atomic E-state index is 6.55. The minimum absolute atomic E-state index is 1.19. The molecule has 0 saturated carbocycles. The van der Waals surface area contributed by atoms with Crippen LogP contribution in [0.2, 0.25) is 0 Å². The summed E-state index contributed by atoms with van der Waals surface area (Å²) >= 11 is 0. The Labute approximate surface area is 37.6 Å². The first-order valence-corrected chi connectivity index (χ1v) is 1.72. The van der Waals surface area contributed by atoms with Crippen molar-refractivity contribution in [2.24, 2.45) is 0 Å². The second kappa shape index (κ2) is 2.57. The van der Waals surface area contributed by atoms with Crippen molar-refractivity contribution in [3.05, 3.63) is 0 Å². The molecule has 2 heteroatoms. The Morgan fingerprint density at radius 2 is 2.33 bits per heavy atom. The fraction of sp³-hybridized carbons (Fsp3) is 0.500. The zero-order valence-corrected chi connectivity index (χ0v) is 4.02. The molecule has 1 N–H and O–H groups in total. The Balaban J connectivity index is 3.50. The average molecular weight is 84.1 g/mol. The molecule has 6 heavy (non-hydrogen) atoms. The number of rotatable bonds is 1. The third kappa shape index (κ3) is 1.64. The number of hydrogen-bond acceptors (Lipinski definition) is 1. The quantitative estimate of drug-likeness (QED) is 0.203. The van der Waals surface area contributed by atoms with E-state index in [1.54, 1.807) is 18.5 Å². The topological polar surface area (TPSA) is 26.9 Å². The van der Waals surface area contributed by atoms with Crippen LogP contribution in [0, 0.1) is 5.41 Å². The van der Waals surface area contributed by atoms with Crippen LogP contribution < -0.4 is 0 Å². The Bertz CT molecular complexity index is 73.6. The zero-order valence-electron chi connectivity index (χ0n) is 4.02. The van der Waals surface area contributed by atoms with E-state index in [0.29, 0.717) is 0 Å². The van der Waals surface area contributed by atoms with Crippen molar-refractivity contribution in [3.63, 3.8) is 0 Å². The first-order valence-electron chi connectivity index (χ1n) is 1.72. The summed E-state index contributed by atoms with van der Waals surface area (Å²) in [7, 11) is 1.76. The summed E-state index contributed by atoms with van der Waals surface area (Å²) in [4.78, 5) is 0. The van der Waals surface area contributed by atoms with Gasteiger partial charge in [0.1, 0.15) is 6.34 Å². The van der Waals surface area contributed by atoms with E-state index < -0.39 is 0 Å². The van der Waals surface area contributed by atoms with Gasteiger partial charge in [-0.1, -0.05) is 13.1 Å². The molecule has 2 nitrogen and oxygen atoms in total. The van der Waals surface area contributed by atoms with Gasteiger partial charge in [-0.3, -0.25) is 0 Å². The first kappa shape index (κ1) is 5.34. The summed E-state index contributed by atoms with van der Waals surface area (Å²) in [6.07, 6.45) is 3.90. The van der Waals surface area contributed by atoms with Crippen molar-refractivity contribution in [2.75, 3.05) is 7.05 Å². The SMILES string of the molecule is C[C-]=[N+](C)C=N. The van der Waals surface area contributed by atoms with Crippen LogP contribution in [0.3, 0.4) is 0 Å². The lowest BCUT2D eigenvalue weighted by molar-refractivity contribution is -0.356. The molecule has 0 aromatic rings. The summed E-state index contributed by atoms with van der Waals surface area (Å²) in [6, 6.07) is 0. The highest BCUT2D eigenvalue weighted by Crippen LogP contribution is 1.48. The van der Waals surface area contributed by atoms with Gasteiger partial charge in [0.05, 0.1) is 0 Å². The van der Waals surface area contributed by atoms with Gasteiger partial charge in [-0.15, -0.1) is 0 Å². The molecule has 34 valence electrons. The predicted molar refractivity (Wildman–Crippen MR) is 25.6 cm³/mol. The summed E-state index contributed by atoms with van der Waals surface area (Å²) in [5.41, 5.74) is 0. The molecule has 0 aromatic heterocycles. The van der Waals surface area contributed by atoms with Crippen LogP contribution in [0.1, 0.15) is 6.92 Å². The van der Waals surface area contributed by atoms with Gasteiger partial charge in [0, 0.05) is 7.05 Å². The molecule has 0 bridgehead atoms.